The number of aryl methyl sites for hydroxylation is 1. The molecule has 0 aromatic carbocycles. The van der Waals surface area contributed by atoms with Crippen molar-refractivity contribution in [2.24, 2.45) is 7.05 Å². The lowest BCUT2D eigenvalue weighted by Gasteiger charge is -2.38. The Bertz CT molecular complexity index is 668. The Morgan fingerprint density at radius 2 is 2.22 bits per heavy atom. The molecule has 0 unspecified atom stereocenters. The van der Waals surface area contributed by atoms with E-state index in [1.165, 1.54) is 11.8 Å². The minimum Gasteiger partial charge on any atom is -0.385 e. The summed E-state index contributed by atoms with van der Waals surface area (Å²) < 4.78 is 1.79. The van der Waals surface area contributed by atoms with Gasteiger partial charge in [-0.15, -0.1) is 10.2 Å². The van der Waals surface area contributed by atoms with Crippen LogP contribution in [0.3, 0.4) is 0 Å². The molecule has 0 radical (unpaired) electrons. The van der Waals surface area contributed by atoms with Gasteiger partial charge < -0.3 is 14.6 Å². The summed E-state index contributed by atoms with van der Waals surface area (Å²) in [5.74, 6) is 0.393. The molecule has 3 rings (SSSR count). The van der Waals surface area contributed by atoms with Crippen LogP contribution in [0.1, 0.15) is 18.4 Å². The first-order valence-corrected chi connectivity index (χ1v) is 8.44. The first kappa shape index (κ1) is 15.9. The molecular weight excluding hydrogens is 314 g/mol. The van der Waals surface area contributed by atoms with Gasteiger partial charge in [-0.05, 0) is 18.9 Å². The second kappa shape index (κ2) is 6.67. The molecule has 0 aliphatic carbocycles. The van der Waals surface area contributed by atoms with Gasteiger partial charge in [-0.3, -0.25) is 9.78 Å². The monoisotopic (exact) mass is 333 g/mol. The topological polar surface area (TPSA) is 84.1 Å². The Hall–Kier alpha value is -1.93. The number of aromatic nitrogens is 4. The zero-order valence-corrected chi connectivity index (χ0v) is 13.7. The summed E-state index contributed by atoms with van der Waals surface area (Å²) in [5.41, 5.74) is -0.0672. The average molecular weight is 333 g/mol. The predicted molar refractivity (Wildman–Crippen MR) is 85.7 cm³/mol. The van der Waals surface area contributed by atoms with Gasteiger partial charge in [-0.25, -0.2) is 0 Å². The van der Waals surface area contributed by atoms with Crippen LogP contribution >= 0.6 is 11.8 Å². The van der Waals surface area contributed by atoms with Crippen molar-refractivity contribution < 1.29 is 9.90 Å². The van der Waals surface area contributed by atoms with Crippen LogP contribution in [0.2, 0.25) is 0 Å². The standard InChI is InChI=1S/C15H19N5O2S/c1-19-11-17-18-14(19)23-10-13(21)20-7-4-15(22,5-8-20)12-3-2-6-16-9-12/h2-3,6,9,11,22H,4-5,7-8,10H2,1H3. The second-order valence-corrected chi connectivity index (χ2v) is 6.61. The molecule has 0 bridgehead atoms. The number of rotatable bonds is 4. The Labute approximate surface area is 138 Å². The van der Waals surface area contributed by atoms with Crippen molar-refractivity contribution in [3.05, 3.63) is 36.4 Å². The highest BCUT2D eigenvalue weighted by Gasteiger charge is 2.35. The summed E-state index contributed by atoms with van der Waals surface area (Å²) in [5, 5.41) is 19.2. The molecule has 1 fully saturated rings. The van der Waals surface area contributed by atoms with E-state index >= 15 is 0 Å². The molecule has 7 nitrogen and oxygen atoms in total. The largest absolute Gasteiger partial charge is 0.385 e. The van der Waals surface area contributed by atoms with Crippen molar-refractivity contribution in [2.75, 3.05) is 18.8 Å². The van der Waals surface area contributed by atoms with Gasteiger partial charge in [0.15, 0.2) is 5.16 Å². The molecule has 1 aliphatic heterocycles. The molecule has 122 valence electrons. The van der Waals surface area contributed by atoms with E-state index in [1.54, 1.807) is 28.2 Å². The van der Waals surface area contributed by atoms with E-state index in [1.807, 2.05) is 19.2 Å². The van der Waals surface area contributed by atoms with Gasteiger partial charge in [0.25, 0.3) is 0 Å². The average Bonchev–Trinajstić information content (AvgIpc) is 2.99. The number of amides is 1. The summed E-state index contributed by atoms with van der Waals surface area (Å²) in [7, 11) is 1.85. The Balaban J connectivity index is 1.54. The third-order valence-electron chi connectivity index (χ3n) is 4.14. The van der Waals surface area contributed by atoms with Crippen LogP contribution in [0.5, 0.6) is 0 Å². The quantitative estimate of drug-likeness (QED) is 0.834. The van der Waals surface area contributed by atoms with Crippen molar-refractivity contribution in [2.45, 2.75) is 23.6 Å². The number of carbonyl (C=O) groups is 1. The lowest BCUT2D eigenvalue weighted by molar-refractivity contribution is -0.132. The highest BCUT2D eigenvalue weighted by molar-refractivity contribution is 7.99. The maximum Gasteiger partial charge on any atom is 0.233 e. The Kier molecular flexibility index (Phi) is 4.63. The van der Waals surface area contributed by atoms with Crippen LogP contribution in [-0.4, -0.2) is 54.5 Å². The number of likely N-dealkylation sites (tertiary alicyclic amines) is 1. The molecule has 2 aromatic rings. The number of piperidine rings is 1. The number of pyridine rings is 1. The highest BCUT2D eigenvalue weighted by atomic mass is 32.2. The molecule has 0 saturated carbocycles. The summed E-state index contributed by atoms with van der Waals surface area (Å²) in [6.45, 7) is 1.09. The van der Waals surface area contributed by atoms with Crippen molar-refractivity contribution in [3.8, 4) is 0 Å². The van der Waals surface area contributed by atoms with Gasteiger partial charge in [0, 0.05) is 38.1 Å². The molecule has 1 amide bonds. The number of aliphatic hydroxyl groups is 1. The minimum atomic E-state index is -0.887. The maximum absolute atomic E-state index is 12.3. The van der Waals surface area contributed by atoms with Gasteiger partial charge in [0.2, 0.25) is 5.91 Å². The fraction of sp³-hybridized carbons (Fsp3) is 0.467. The summed E-state index contributed by atoms with van der Waals surface area (Å²) in [6.07, 6.45) is 6.05. The number of hydrogen-bond acceptors (Lipinski definition) is 6. The lowest BCUT2D eigenvalue weighted by atomic mass is 9.85. The van der Waals surface area contributed by atoms with E-state index in [4.69, 9.17) is 0 Å². The van der Waals surface area contributed by atoms with E-state index in [0.29, 0.717) is 31.7 Å². The summed E-state index contributed by atoms with van der Waals surface area (Å²) in [4.78, 5) is 18.2. The summed E-state index contributed by atoms with van der Waals surface area (Å²) in [6, 6.07) is 3.71. The van der Waals surface area contributed by atoms with E-state index < -0.39 is 5.60 Å². The number of nitrogens with zero attached hydrogens (tertiary/aromatic N) is 5. The van der Waals surface area contributed by atoms with Crippen molar-refractivity contribution in [1.29, 1.82) is 0 Å². The van der Waals surface area contributed by atoms with Crippen LogP contribution in [0.4, 0.5) is 0 Å². The van der Waals surface area contributed by atoms with Crippen LogP contribution in [0, 0.1) is 0 Å². The first-order chi connectivity index (χ1) is 11.1. The zero-order chi connectivity index (χ0) is 16.3. The molecule has 8 heteroatoms. The van der Waals surface area contributed by atoms with Gasteiger partial charge in [-0.1, -0.05) is 17.8 Å². The lowest BCUT2D eigenvalue weighted by Crippen LogP contribution is -2.45. The maximum atomic E-state index is 12.3. The second-order valence-electron chi connectivity index (χ2n) is 5.67. The SMILES string of the molecule is Cn1cnnc1SCC(=O)N1CCC(O)(c2cccnc2)CC1. The normalized spacial score (nSPS) is 17.2. The van der Waals surface area contributed by atoms with Crippen LogP contribution in [0.25, 0.3) is 0 Å². The zero-order valence-electron chi connectivity index (χ0n) is 12.9. The molecule has 1 saturated heterocycles. The molecule has 1 aliphatic rings. The highest BCUT2D eigenvalue weighted by Crippen LogP contribution is 2.32. The third kappa shape index (κ3) is 3.53. The molecule has 0 atom stereocenters. The fourth-order valence-corrected chi connectivity index (χ4v) is 3.46. The van der Waals surface area contributed by atoms with E-state index in [9.17, 15) is 9.90 Å². The van der Waals surface area contributed by atoms with Crippen molar-refractivity contribution >= 4 is 17.7 Å². The third-order valence-corrected chi connectivity index (χ3v) is 5.16. The van der Waals surface area contributed by atoms with E-state index in [-0.39, 0.29) is 5.91 Å². The first-order valence-electron chi connectivity index (χ1n) is 7.46. The fourth-order valence-electron chi connectivity index (χ4n) is 2.67. The smallest absolute Gasteiger partial charge is 0.233 e. The van der Waals surface area contributed by atoms with Crippen LogP contribution in [-0.2, 0) is 17.4 Å². The molecule has 0 spiro atoms. The van der Waals surface area contributed by atoms with Crippen LogP contribution < -0.4 is 0 Å². The molecular formula is C15H19N5O2S. The number of thioether (sulfide) groups is 1. The van der Waals surface area contributed by atoms with Gasteiger partial charge >= 0.3 is 0 Å². The van der Waals surface area contributed by atoms with Crippen molar-refractivity contribution in [1.82, 2.24) is 24.6 Å². The molecule has 23 heavy (non-hydrogen) atoms. The van der Waals surface area contributed by atoms with Gasteiger partial charge in [-0.2, -0.15) is 0 Å². The van der Waals surface area contributed by atoms with E-state index in [2.05, 4.69) is 15.2 Å². The minimum absolute atomic E-state index is 0.0613. The molecule has 1 N–H and O–H groups in total. The molecule has 2 aromatic heterocycles. The van der Waals surface area contributed by atoms with Crippen molar-refractivity contribution in [3.63, 3.8) is 0 Å². The Morgan fingerprint density at radius 3 is 2.83 bits per heavy atom. The van der Waals surface area contributed by atoms with Crippen LogP contribution in [0.15, 0.2) is 36.0 Å². The number of carbonyl (C=O) groups excluding carboxylic acids is 1. The Morgan fingerprint density at radius 1 is 1.43 bits per heavy atom. The summed E-state index contributed by atoms with van der Waals surface area (Å²) >= 11 is 1.38. The van der Waals surface area contributed by atoms with Gasteiger partial charge in [0.05, 0.1) is 11.4 Å². The number of hydrogen-bond donors (Lipinski definition) is 1. The van der Waals surface area contributed by atoms with E-state index in [0.717, 1.165) is 10.7 Å². The van der Waals surface area contributed by atoms with Gasteiger partial charge in [0.1, 0.15) is 6.33 Å². The molecule has 3 heterocycles. The predicted octanol–water partition coefficient (Wildman–Crippen LogP) is 0.812.